The number of hydrogen-bond donors (Lipinski definition) is 1. The fourth-order valence-electron chi connectivity index (χ4n) is 1.22. The van der Waals surface area contributed by atoms with Crippen LogP contribution < -0.4 is 10.2 Å². The van der Waals surface area contributed by atoms with E-state index in [9.17, 15) is 0 Å². The third-order valence-corrected chi connectivity index (χ3v) is 2.28. The molecule has 1 aromatic rings. The third kappa shape index (κ3) is 2.26. The summed E-state index contributed by atoms with van der Waals surface area (Å²) in [5.74, 6) is 1.38. The minimum absolute atomic E-state index is 0.590. The monoisotopic (exact) mass is 214 g/mol. The van der Waals surface area contributed by atoms with Crippen LogP contribution in [0.25, 0.3) is 0 Å². The molecule has 0 fully saturated rings. The van der Waals surface area contributed by atoms with Gasteiger partial charge in [0.2, 0.25) is 5.95 Å². The highest BCUT2D eigenvalue weighted by atomic mass is 35.5. The van der Waals surface area contributed by atoms with Crippen molar-refractivity contribution in [1.82, 2.24) is 9.97 Å². The maximum Gasteiger partial charge on any atom is 0.224 e. The Balaban J connectivity index is 3.04. The van der Waals surface area contributed by atoms with Gasteiger partial charge in [0.1, 0.15) is 5.02 Å². The first-order valence-corrected chi connectivity index (χ1v) is 5.05. The van der Waals surface area contributed by atoms with Crippen molar-refractivity contribution in [3.8, 4) is 0 Å². The molecule has 0 aromatic carbocycles. The lowest BCUT2D eigenvalue weighted by atomic mass is 10.4. The van der Waals surface area contributed by atoms with Crippen molar-refractivity contribution in [2.45, 2.75) is 13.8 Å². The van der Waals surface area contributed by atoms with Gasteiger partial charge in [-0.25, -0.2) is 4.98 Å². The van der Waals surface area contributed by atoms with Crippen LogP contribution in [0.15, 0.2) is 6.20 Å². The normalized spacial score (nSPS) is 10.0. The minimum atomic E-state index is 0.590. The molecule has 0 saturated heterocycles. The molecule has 1 aromatic heterocycles. The fourth-order valence-corrected chi connectivity index (χ4v) is 1.43. The highest BCUT2D eigenvalue weighted by Crippen LogP contribution is 2.22. The molecule has 4 nitrogen and oxygen atoms in total. The number of hydrogen-bond acceptors (Lipinski definition) is 4. The maximum atomic E-state index is 6.01. The van der Waals surface area contributed by atoms with E-state index in [1.165, 1.54) is 0 Å². The van der Waals surface area contributed by atoms with Crippen molar-refractivity contribution < 1.29 is 0 Å². The van der Waals surface area contributed by atoms with Crippen molar-refractivity contribution in [1.29, 1.82) is 0 Å². The molecule has 0 bridgehead atoms. The Labute approximate surface area is 89.3 Å². The largest absolute Gasteiger partial charge is 0.357 e. The summed E-state index contributed by atoms with van der Waals surface area (Å²) in [5, 5.41) is 3.48. The van der Waals surface area contributed by atoms with Crippen LogP contribution in [0.1, 0.15) is 13.8 Å². The van der Waals surface area contributed by atoms with Crippen LogP contribution in [0.3, 0.4) is 0 Å². The van der Waals surface area contributed by atoms with Gasteiger partial charge in [-0.05, 0) is 13.8 Å². The third-order valence-electron chi connectivity index (χ3n) is 2.01. The molecule has 0 amide bonds. The molecule has 0 saturated carbocycles. The standard InChI is InChI=1S/C9H15ClN4/c1-4-14(5-2)8-7(10)6-12-9(11-3)13-8/h6H,4-5H2,1-3H3,(H,11,12,13). The van der Waals surface area contributed by atoms with Gasteiger partial charge < -0.3 is 10.2 Å². The average molecular weight is 215 g/mol. The highest BCUT2D eigenvalue weighted by Gasteiger charge is 2.09. The van der Waals surface area contributed by atoms with Crippen LogP contribution in [0.5, 0.6) is 0 Å². The fraction of sp³-hybridized carbons (Fsp3) is 0.556. The lowest BCUT2D eigenvalue weighted by Gasteiger charge is -2.20. The molecule has 1 rings (SSSR count). The van der Waals surface area contributed by atoms with Gasteiger partial charge in [0.25, 0.3) is 0 Å². The lowest BCUT2D eigenvalue weighted by molar-refractivity contribution is 0.842. The van der Waals surface area contributed by atoms with Gasteiger partial charge in [0.05, 0.1) is 6.20 Å². The van der Waals surface area contributed by atoms with E-state index in [2.05, 4.69) is 34.0 Å². The first-order chi connectivity index (χ1) is 6.72. The molecule has 0 spiro atoms. The molecular weight excluding hydrogens is 200 g/mol. The Hall–Kier alpha value is -1.03. The zero-order chi connectivity index (χ0) is 10.6. The van der Waals surface area contributed by atoms with Crippen molar-refractivity contribution in [2.75, 3.05) is 30.4 Å². The zero-order valence-electron chi connectivity index (χ0n) is 8.71. The van der Waals surface area contributed by atoms with E-state index in [4.69, 9.17) is 11.6 Å². The van der Waals surface area contributed by atoms with E-state index in [1.54, 1.807) is 13.2 Å². The topological polar surface area (TPSA) is 41.1 Å². The number of anilines is 2. The van der Waals surface area contributed by atoms with E-state index in [0.29, 0.717) is 11.0 Å². The van der Waals surface area contributed by atoms with Gasteiger partial charge in [0, 0.05) is 20.1 Å². The minimum Gasteiger partial charge on any atom is -0.357 e. The van der Waals surface area contributed by atoms with Gasteiger partial charge in [-0.1, -0.05) is 11.6 Å². The van der Waals surface area contributed by atoms with Crippen molar-refractivity contribution in [3.63, 3.8) is 0 Å². The van der Waals surface area contributed by atoms with Gasteiger partial charge in [-0.15, -0.1) is 0 Å². The molecular formula is C9H15ClN4. The van der Waals surface area contributed by atoms with E-state index in [-0.39, 0.29) is 0 Å². The highest BCUT2D eigenvalue weighted by molar-refractivity contribution is 6.32. The molecule has 1 N–H and O–H groups in total. The molecule has 0 radical (unpaired) electrons. The Morgan fingerprint density at radius 1 is 1.43 bits per heavy atom. The summed E-state index contributed by atoms with van der Waals surface area (Å²) in [5.41, 5.74) is 0. The molecule has 0 unspecified atom stereocenters. The Bertz CT molecular complexity index is 299. The number of aromatic nitrogens is 2. The van der Waals surface area contributed by atoms with Crippen LogP contribution in [0.4, 0.5) is 11.8 Å². The van der Waals surface area contributed by atoms with E-state index in [0.717, 1.165) is 18.9 Å². The summed E-state index contributed by atoms with van der Waals surface area (Å²) < 4.78 is 0. The second-order valence-corrected chi connectivity index (χ2v) is 3.19. The molecule has 5 heteroatoms. The molecule has 0 atom stereocenters. The van der Waals surface area contributed by atoms with Crippen LogP contribution in [-0.2, 0) is 0 Å². The Kier molecular flexibility index (Phi) is 3.95. The van der Waals surface area contributed by atoms with E-state index < -0.39 is 0 Å². The number of halogens is 1. The lowest BCUT2D eigenvalue weighted by Crippen LogP contribution is -2.23. The molecule has 0 aliphatic heterocycles. The maximum absolute atomic E-state index is 6.01. The second kappa shape index (κ2) is 5.00. The smallest absolute Gasteiger partial charge is 0.224 e. The molecule has 1 heterocycles. The van der Waals surface area contributed by atoms with E-state index >= 15 is 0 Å². The van der Waals surface area contributed by atoms with E-state index in [1.807, 2.05) is 0 Å². The molecule has 0 aliphatic carbocycles. The van der Waals surface area contributed by atoms with Crippen molar-refractivity contribution in [2.24, 2.45) is 0 Å². The average Bonchev–Trinajstić information content (AvgIpc) is 2.22. The van der Waals surface area contributed by atoms with Crippen LogP contribution in [0, 0.1) is 0 Å². The zero-order valence-corrected chi connectivity index (χ0v) is 9.47. The molecule has 0 aliphatic rings. The number of nitrogens with zero attached hydrogens (tertiary/aromatic N) is 3. The summed E-state index contributed by atoms with van der Waals surface area (Å²) in [6.45, 7) is 5.91. The predicted molar refractivity (Wildman–Crippen MR) is 60.1 cm³/mol. The predicted octanol–water partition coefficient (Wildman–Crippen LogP) is 2.02. The SMILES string of the molecule is CCN(CC)c1nc(NC)ncc1Cl. The van der Waals surface area contributed by atoms with Gasteiger partial charge >= 0.3 is 0 Å². The quantitative estimate of drug-likeness (QED) is 0.833. The van der Waals surface area contributed by atoms with Crippen molar-refractivity contribution >= 4 is 23.4 Å². The molecule has 14 heavy (non-hydrogen) atoms. The van der Waals surface area contributed by atoms with Crippen LogP contribution in [0.2, 0.25) is 5.02 Å². The summed E-state index contributed by atoms with van der Waals surface area (Å²) in [7, 11) is 1.79. The second-order valence-electron chi connectivity index (χ2n) is 2.79. The van der Waals surface area contributed by atoms with Gasteiger partial charge in [-0.2, -0.15) is 4.98 Å². The van der Waals surface area contributed by atoms with Crippen molar-refractivity contribution in [3.05, 3.63) is 11.2 Å². The molecule has 78 valence electrons. The number of nitrogens with one attached hydrogen (secondary N) is 1. The Morgan fingerprint density at radius 3 is 2.57 bits per heavy atom. The van der Waals surface area contributed by atoms with Gasteiger partial charge in [-0.3, -0.25) is 0 Å². The van der Waals surface area contributed by atoms with Crippen LogP contribution in [-0.4, -0.2) is 30.1 Å². The first kappa shape index (κ1) is 11.0. The summed E-state index contributed by atoms with van der Waals surface area (Å²) >= 11 is 6.01. The van der Waals surface area contributed by atoms with Gasteiger partial charge in [0.15, 0.2) is 5.82 Å². The summed E-state index contributed by atoms with van der Waals surface area (Å²) in [6.07, 6.45) is 1.62. The number of rotatable bonds is 4. The summed E-state index contributed by atoms with van der Waals surface area (Å²) in [6, 6.07) is 0. The first-order valence-electron chi connectivity index (χ1n) is 4.68. The Morgan fingerprint density at radius 2 is 2.07 bits per heavy atom. The summed E-state index contributed by atoms with van der Waals surface area (Å²) in [4.78, 5) is 10.4. The van der Waals surface area contributed by atoms with Crippen LogP contribution >= 0.6 is 11.6 Å².